The number of nitrogens with zero attached hydrogens (tertiary/aromatic N) is 4. The summed E-state index contributed by atoms with van der Waals surface area (Å²) in [6.45, 7) is 8.63. The summed E-state index contributed by atoms with van der Waals surface area (Å²) in [7, 11) is 0. The molecule has 0 N–H and O–H groups in total. The van der Waals surface area contributed by atoms with Crippen LogP contribution in [0.2, 0.25) is 0 Å². The van der Waals surface area contributed by atoms with Crippen molar-refractivity contribution in [1.82, 2.24) is 14.9 Å². The van der Waals surface area contributed by atoms with Crippen LogP contribution in [0.1, 0.15) is 58.3 Å². The first-order valence-electron chi connectivity index (χ1n) is 10.4. The van der Waals surface area contributed by atoms with Gasteiger partial charge in [0.05, 0.1) is 11.1 Å². The largest absolute Gasteiger partial charge is 0.416 e. The smallest absolute Gasteiger partial charge is 0.353 e. The zero-order chi connectivity index (χ0) is 24.7. The molecule has 0 spiro atoms. The van der Waals surface area contributed by atoms with E-state index in [9.17, 15) is 31.1 Å². The molecule has 1 amide bonds. The fraction of sp³-hybridized carbons (Fsp3) is 0.500. The summed E-state index contributed by atoms with van der Waals surface area (Å²) in [6, 6.07) is 0.956. The molecule has 1 saturated heterocycles. The zero-order valence-electron chi connectivity index (χ0n) is 18.6. The molecule has 1 fully saturated rings. The van der Waals surface area contributed by atoms with Crippen LogP contribution in [0.25, 0.3) is 0 Å². The second-order valence-electron chi connectivity index (χ2n) is 8.32. The van der Waals surface area contributed by atoms with Crippen LogP contribution in [0.3, 0.4) is 0 Å². The number of hydrogen-bond donors (Lipinski definition) is 0. The molecule has 0 saturated carbocycles. The van der Waals surface area contributed by atoms with E-state index in [2.05, 4.69) is 9.97 Å². The topological polar surface area (TPSA) is 49.3 Å². The highest BCUT2D eigenvalue weighted by Crippen LogP contribution is 2.37. The second kappa shape index (κ2) is 8.83. The summed E-state index contributed by atoms with van der Waals surface area (Å²) in [5, 5.41) is 0. The van der Waals surface area contributed by atoms with E-state index in [0.29, 0.717) is 31.0 Å². The van der Waals surface area contributed by atoms with Gasteiger partial charge in [-0.25, -0.2) is 9.97 Å². The third kappa shape index (κ3) is 5.39. The molecule has 180 valence electrons. The van der Waals surface area contributed by atoms with Crippen LogP contribution in [-0.2, 0) is 12.4 Å². The van der Waals surface area contributed by atoms with Gasteiger partial charge in [0.25, 0.3) is 5.91 Å². The fourth-order valence-electron chi connectivity index (χ4n) is 4.00. The Morgan fingerprint density at radius 2 is 1.39 bits per heavy atom. The summed E-state index contributed by atoms with van der Waals surface area (Å²) in [4.78, 5) is 25.0. The fourth-order valence-corrected chi connectivity index (χ4v) is 4.00. The molecule has 0 radical (unpaired) electrons. The van der Waals surface area contributed by atoms with Crippen molar-refractivity contribution in [3.8, 4) is 0 Å². The van der Waals surface area contributed by atoms with E-state index in [1.807, 2.05) is 25.7 Å². The molecule has 1 aliphatic heterocycles. The molecule has 33 heavy (non-hydrogen) atoms. The minimum atomic E-state index is -5.01. The quantitative estimate of drug-likeness (QED) is 0.573. The lowest BCUT2D eigenvalue weighted by Gasteiger charge is -2.37. The molecule has 0 atom stereocenters. The molecule has 0 aliphatic carbocycles. The van der Waals surface area contributed by atoms with Crippen molar-refractivity contribution in [1.29, 1.82) is 0 Å². The molecule has 1 aliphatic rings. The molecule has 1 aromatic heterocycles. The van der Waals surface area contributed by atoms with E-state index in [0.717, 1.165) is 17.1 Å². The predicted molar refractivity (Wildman–Crippen MR) is 110 cm³/mol. The van der Waals surface area contributed by atoms with E-state index in [1.165, 1.54) is 4.90 Å². The minimum absolute atomic E-state index is 0.0158. The van der Waals surface area contributed by atoms with Crippen LogP contribution in [-0.4, -0.2) is 47.0 Å². The van der Waals surface area contributed by atoms with E-state index in [1.54, 1.807) is 6.92 Å². The zero-order valence-corrected chi connectivity index (χ0v) is 18.6. The molecular weight excluding hydrogens is 450 g/mol. The van der Waals surface area contributed by atoms with Crippen LogP contribution >= 0.6 is 0 Å². The van der Waals surface area contributed by atoms with Crippen LogP contribution in [0.4, 0.5) is 32.2 Å². The van der Waals surface area contributed by atoms with Gasteiger partial charge in [0.15, 0.2) is 0 Å². The normalized spacial score (nSPS) is 15.4. The van der Waals surface area contributed by atoms with Crippen molar-refractivity contribution >= 4 is 11.7 Å². The molecule has 0 bridgehead atoms. The number of halogens is 6. The maximum absolute atomic E-state index is 13.1. The molecule has 0 unspecified atom stereocenters. The van der Waals surface area contributed by atoms with Crippen LogP contribution in [0, 0.1) is 13.8 Å². The number of amides is 1. The van der Waals surface area contributed by atoms with Gasteiger partial charge in [0.2, 0.25) is 0 Å². The minimum Gasteiger partial charge on any atom is -0.353 e. The van der Waals surface area contributed by atoms with Crippen molar-refractivity contribution in [2.24, 2.45) is 0 Å². The maximum atomic E-state index is 13.1. The molecule has 5 nitrogen and oxygen atoms in total. The number of anilines is 1. The number of aryl methyl sites for hydroxylation is 2. The lowest BCUT2D eigenvalue weighted by Crippen LogP contribution is -2.49. The van der Waals surface area contributed by atoms with Gasteiger partial charge in [-0.2, -0.15) is 26.3 Å². The average molecular weight is 474 g/mol. The van der Waals surface area contributed by atoms with Crippen LogP contribution in [0.5, 0.6) is 0 Å². The van der Waals surface area contributed by atoms with Gasteiger partial charge in [0.1, 0.15) is 11.6 Å². The Bertz CT molecular complexity index is 1010. The summed E-state index contributed by atoms with van der Waals surface area (Å²) in [6.07, 6.45) is -10.0. The van der Waals surface area contributed by atoms with E-state index >= 15 is 0 Å². The number of alkyl halides is 6. The number of carbonyl (C=O) groups is 1. The Morgan fingerprint density at radius 1 is 0.879 bits per heavy atom. The predicted octanol–water partition coefficient (Wildman–Crippen LogP) is 5.22. The van der Waals surface area contributed by atoms with Crippen molar-refractivity contribution in [2.75, 3.05) is 31.1 Å². The van der Waals surface area contributed by atoms with Crippen molar-refractivity contribution in [3.05, 3.63) is 52.0 Å². The number of aromatic nitrogens is 2. The Labute approximate surface area is 187 Å². The van der Waals surface area contributed by atoms with Gasteiger partial charge in [-0.15, -0.1) is 0 Å². The lowest BCUT2D eigenvalue weighted by molar-refractivity contribution is -0.143. The third-order valence-electron chi connectivity index (χ3n) is 5.51. The molecule has 2 aromatic rings. The Kier molecular flexibility index (Phi) is 6.63. The van der Waals surface area contributed by atoms with Gasteiger partial charge in [-0.1, -0.05) is 13.8 Å². The van der Waals surface area contributed by atoms with Crippen molar-refractivity contribution < 1.29 is 31.1 Å². The van der Waals surface area contributed by atoms with Gasteiger partial charge >= 0.3 is 12.4 Å². The van der Waals surface area contributed by atoms with Crippen LogP contribution in [0.15, 0.2) is 18.2 Å². The van der Waals surface area contributed by atoms with E-state index in [4.69, 9.17) is 0 Å². The van der Waals surface area contributed by atoms with Gasteiger partial charge < -0.3 is 9.80 Å². The summed E-state index contributed by atoms with van der Waals surface area (Å²) >= 11 is 0. The van der Waals surface area contributed by atoms with E-state index in [-0.39, 0.29) is 25.1 Å². The standard InChI is InChI=1S/C22H24F6N4O/c1-12(2)18-13(3)29-14(4)30-19(18)31-5-7-32(8-6-31)20(33)15-9-16(21(23,24)25)11-17(10-15)22(26,27)28/h9-12H,5-8H2,1-4H3. The Hall–Kier alpha value is -2.85. The monoisotopic (exact) mass is 474 g/mol. The number of carbonyl (C=O) groups excluding carboxylic acids is 1. The Morgan fingerprint density at radius 3 is 1.85 bits per heavy atom. The molecular formula is C22H24F6N4O. The van der Waals surface area contributed by atoms with Gasteiger partial charge in [-0.05, 0) is 38.0 Å². The van der Waals surface area contributed by atoms with Gasteiger partial charge in [0, 0.05) is 43.0 Å². The van der Waals surface area contributed by atoms with Crippen LogP contribution < -0.4 is 4.90 Å². The second-order valence-corrected chi connectivity index (χ2v) is 8.32. The average Bonchev–Trinajstić information content (AvgIpc) is 2.70. The number of benzene rings is 1. The first-order valence-corrected chi connectivity index (χ1v) is 10.4. The number of piperazine rings is 1. The summed E-state index contributed by atoms with van der Waals surface area (Å²) < 4.78 is 78.8. The first-order chi connectivity index (χ1) is 15.2. The van der Waals surface area contributed by atoms with Crippen molar-refractivity contribution in [2.45, 2.75) is 46.0 Å². The molecule has 11 heteroatoms. The number of hydrogen-bond acceptors (Lipinski definition) is 4. The summed E-state index contributed by atoms with van der Waals surface area (Å²) in [5.41, 5.74) is -1.84. The SMILES string of the molecule is Cc1nc(C)c(C(C)C)c(N2CCN(C(=O)c3cc(C(F)(F)F)cc(C(F)(F)F)c3)CC2)n1. The Balaban J connectivity index is 1.85. The highest BCUT2D eigenvalue weighted by atomic mass is 19.4. The van der Waals surface area contributed by atoms with E-state index < -0.39 is 35.0 Å². The number of rotatable bonds is 3. The maximum Gasteiger partial charge on any atom is 0.416 e. The molecule has 3 rings (SSSR count). The highest BCUT2D eigenvalue weighted by molar-refractivity contribution is 5.95. The molecule has 1 aromatic carbocycles. The van der Waals surface area contributed by atoms with Gasteiger partial charge in [-0.3, -0.25) is 4.79 Å². The lowest BCUT2D eigenvalue weighted by atomic mass is 10.0. The molecule has 2 heterocycles. The third-order valence-corrected chi connectivity index (χ3v) is 5.51. The first kappa shape index (κ1) is 24.8. The van der Waals surface area contributed by atoms with Crippen molar-refractivity contribution in [3.63, 3.8) is 0 Å². The summed E-state index contributed by atoms with van der Waals surface area (Å²) in [5.74, 6) is 0.603. The highest BCUT2D eigenvalue weighted by Gasteiger charge is 2.38.